The van der Waals surface area contributed by atoms with E-state index in [0.29, 0.717) is 6.10 Å². The average Bonchev–Trinajstić information content (AvgIpc) is 2.27. The van der Waals surface area contributed by atoms with Gasteiger partial charge in [0.05, 0.1) is 12.2 Å². The first kappa shape index (κ1) is 14.8. The Morgan fingerprint density at radius 3 is 2.53 bits per heavy atom. The Morgan fingerprint density at radius 1 is 1.32 bits per heavy atom. The predicted molar refractivity (Wildman–Crippen MR) is 80.7 cm³/mol. The summed E-state index contributed by atoms with van der Waals surface area (Å²) >= 11 is 6.31. The van der Waals surface area contributed by atoms with Crippen molar-refractivity contribution >= 4 is 11.6 Å². The normalized spacial score (nSPS) is 18.1. The molecule has 2 rings (SSSR count). The molecule has 2 nitrogen and oxygen atoms in total. The van der Waals surface area contributed by atoms with Crippen LogP contribution in [0.1, 0.15) is 51.7 Å². The highest BCUT2D eigenvalue weighted by Crippen LogP contribution is 2.32. The zero-order chi connectivity index (χ0) is 13.9. The first-order valence-electron chi connectivity index (χ1n) is 7.10. The second-order valence-corrected chi connectivity index (χ2v) is 6.74. The lowest BCUT2D eigenvalue weighted by atomic mass is 9.95. The van der Waals surface area contributed by atoms with E-state index in [0.717, 1.165) is 17.1 Å². The second-order valence-electron chi connectivity index (χ2n) is 6.33. The minimum absolute atomic E-state index is 0.0400. The number of nitrogens with one attached hydrogen (secondary N) is 1. The van der Waals surface area contributed by atoms with E-state index in [1.807, 2.05) is 18.2 Å². The Hall–Kier alpha value is -0.570. The van der Waals surface area contributed by atoms with Gasteiger partial charge in [-0.05, 0) is 46.1 Å². The summed E-state index contributed by atoms with van der Waals surface area (Å²) in [6, 6.07) is 7.99. The zero-order valence-electron chi connectivity index (χ0n) is 12.1. The van der Waals surface area contributed by atoms with Crippen LogP contribution in [0, 0.1) is 0 Å². The van der Waals surface area contributed by atoms with E-state index < -0.39 is 0 Å². The van der Waals surface area contributed by atoms with Gasteiger partial charge in [0.15, 0.2) is 0 Å². The van der Waals surface area contributed by atoms with Crippen molar-refractivity contribution in [2.45, 2.75) is 57.8 Å². The van der Waals surface area contributed by atoms with Gasteiger partial charge in [0, 0.05) is 22.7 Å². The van der Waals surface area contributed by atoms with Gasteiger partial charge in [-0.3, -0.25) is 0 Å². The Kier molecular flexibility index (Phi) is 4.88. The van der Waals surface area contributed by atoms with Crippen LogP contribution < -0.4 is 5.32 Å². The molecular weight excluding hydrogens is 258 g/mol. The van der Waals surface area contributed by atoms with Gasteiger partial charge in [0.2, 0.25) is 0 Å². The first-order chi connectivity index (χ1) is 8.96. The molecule has 106 valence electrons. The third kappa shape index (κ3) is 4.48. The van der Waals surface area contributed by atoms with Crippen molar-refractivity contribution in [3.05, 3.63) is 34.9 Å². The van der Waals surface area contributed by atoms with Gasteiger partial charge in [-0.25, -0.2) is 0 Å². The molecule has 1 fully saturated rings. The maximum atomic E-state index is 6.31. The lowest BCUT2D eigenvalue weighted by molar-refractivity contribution is -0.0537. The number of hydrogen-bond acceptors (Lipinski definition) is 2. The van der Waals surface area contributed by atoms with Gasteiger partial charge < -0.3 is 10.1 Å². The highest BCUT2D eigenvalue weighted by atomic mass is 35.5. The van der Waals surface area contributed by atoms with Crippen LogP contribution in [-0.2, 0) is 4.74 Å². The van der Waals surface area contributed by atoms with Crippen molar-refractivity contribution in [1.82, 2.24) is 5.32 Å². The van der Waals surface area contributed by atoms with E-state index in [2.05, 4.69) is 32.2 Å². The largest absolute Gasteiger partial charge is 0.369 e. The quantitative estimate of drug-likeness (QED) is 0.867. The van der Waals surface area contributed by atoms with E-state index in [9.17, 15) is 0 Å². The van der Waals surface area contributed by atoms with Crippen LogP contribution in [0.5, 0.6) is 0 Å². The minimum Gasteiger partial charge on any atom is -0.369 e. The van der Waals surface area contributed by atoms with Crippen molar-refractivity contribution in [2.75, 3.05) is 6.54 Å². The second kappa shape index (κ2) is 6.25. The van der Waals surface area contributed by atoms with Gasteiger partial charge in [-0.2, -0.15) is 0 Å². The van der Waals surface area contributed by atoms with Crippen LogP contribution in [0.25, 0.3) is 0 Å². The molecule has 1 unspecified atom stereocenters. The number of ether oxygens (including phenoxy) is 1. The highest BCUT2D eigenvalue weighted by molar-refractivity contribution is 6.31. The molecule has 1 atom stereocenters. The molecule has 1 N–H and O–H groups in total. The van der Waals surface area contributed by atoms with E-state index >= 15 is 0 Å². The lowest BCUT2D eigenvalue weighted by Gasteiger charge is -2.33. The third-order valence-electron chi connectivity index (χ3n) is 3.48. The first-order valence-corrected chi connectivity index (χ1v) is 7.48. The molecule has 1 aliphatic carbocycles. The SMILES string of the molecule is CC(C)(C)NCC(OC1CCC1)c1ccccc1Cl. The third-order valence-corrected chi connectivity index (χ3v) is 3.82. The van der Waals surface area contributed by atoms with Crippen molar-refractivity contribution in [2.24, 2.45) is 0 Å². The molecule has 0 saturated heterocycles. The maximum Gasteiger partial charge on any atom is 0.0967 e. The zero-order valence-corrected chi connectivity index (χ0v) is 12.8. The Labute approximate surface area is 121 Å². The van der Waals surface area contributed by atoms with Gasteiger partial charge in [0.1, 0.15) is 0 Å². The van der Waals surface area contributed by atoms with Crippen LogP contribution in [0.3, 0.4) is 0 Å². The Balaban J connectivity index is 2.06. The molecular formula is C16H24ClNO. The standard InChI is InChI=1S/C16H24ClNO/c1-16(2,3)18-11-15(19-12-7-6-8-12)13-9-4-5-10-14(13)17/h4-5,9-10,12,15,18H,6-8,11H2,1-3H3. The monoisotopic (exact) mass is 281 g/mol. The van der Waals surface area contributed by atoms with Crippen LogP contribution in [0.4, 0.5) is 0 Å². The topological polar surface area (TPSA) is 21.3 Å². The molecule has 1 aliphatic rings. The molecule has 0 spiro atoms. The summed E-state index contributed by atoms with van der Waals surface area (Å²) in [6.45, 7) is 7.30. The van der Waals surface area contributed by atoms with Gasteiger partial charge in [-0.1, -0.05) is 29.8 Å². The molecule has 3 heteroatoms. The number of hydrogen-bond donors (Lipinski definition) is 1. The lowest BCUT2D eigenvalue weighted by Crippen LogP contribution is -2.40. The minimum atomic E-state index is 0.0400. The molecule has 0 aromatic heterocycles. The molecule has 0 aliphatic heterocycles. The maximum absolute atomic E-state index is 6.31. The highest BCUT2D eigenvalue weighted by Gasteiger charge is 2.25. The fourth-order valence-corrected chi connectivity index (χ4v) is 2.36. The van der Waals surface area contributed by atoms with Gasteiger partial charge >= 0.3 is 0 Å². The Morgan fingerprint density at radius 2 is 2.00 bits per heavy atom. The molecule has 0 amide bonds. The smallest absolute Gasteiger partial charge is 0.0967 e. The van der Waals surface area contributed by atoms with Gasteiger partial charge in [0.25, 0.3) is 0 Å². The summed E-state index contributed by atoms with van der Waals surface area (Å²) in [5.41, 5.74) is 1.18. The summed E-state index contributed by atoms with van der Waals surface area (Å²) < 4.78 is 6.20. The molecule has 1 aromatic carbocycles. The molecule has 0 bridgehead atoms. The summed E-state index contributed by atoms with van der Waals surface area (Å²) in [7, 11) is 0. The predicted octanol–water partition coefficient (Wildman–Crippen LogP) is 4.34. The molecule has 1 saturated carbocycles. The molecule has 1 aromatic rings. The van der Waals surface area contributed by atoms with E-state index in [1.54, 1.807) is 0 Å². The fraction of sp³-hybridized carbons (Fsp3) is 0.625. The van der Waals surface area contributed by atoms with Crippen LogP contribution in [-0.4, -0.2) is 18.2 Å². The van der Waals surface area contributed by atoms with Gasteiger partial charge in [-0.15, -0.1) is 0 Å². The summed E-state index contributed by atoms with van der Waals surface area (Å²) in [6.07, 6.45) is 4.08. The molecule has 0 radical (unpaired) electrons. The van der Waals surface area contributed by atoms with E-state index in [1.165, 1.54) is 19.3 Å². The van der Waals surface area contributed by atoms with Crippen molar-refractivity contribution in [1.29, 1.82) is 0 Å². The number of rotatable bonds is 5. The molecule has 0 heterocycles. The van der Waals surface area contributed by atoms with E-state index in [4.69, 9.17) is 16.3 Å². The Bertz CT molecular complexity index is 409. The van der Waals surface area contributed by atoms with E-state index in [-0.39, 0.29) is 11.6 Å². The van der Waals surface area contributed by atoms with Crippen LogP contribution in [0.2, 0.25) is 5.02 Å². The van der Waals surface area contributed by atoms with Crippen molar-refractivity contribution < 1.29 is 4.74 Å². The molecule has 19 heavy (non-hydrogen) atoms. The number of benzene rings is 1. The van der Waals surface area contributed by atoms with Crippen molar-refractivity contribution in [3.63, 3.8) is 0 Å². The average molecular weight is 282 g/mol. The van der Waals surface area contributed by atoms with Crippen LogP contribution >= 0.6 is 11.6 Å². The summed E-state index contributed by atoms with van der Waals surface area (Å²) in [5.74, 6) is 0. The van der Waals surface area contributed by atoms with Crippen molar-refractivity contribution in [3.8, 4) is 0 Å². The fourth-order valence-electron chi connectivity index (χ4n) is 2.11. The van der Waals surface area contributed by atoms with Crippen LogP contribution in [0.15, 0.2) is 24.3 Å². The summed E-state index contributed by atoms with van der Waals surface area (Å²) in [4.78, 5) is 0. The number of halogens is 1. The summed E-state index contributed by atoms with van der Waals surface area (Å²) in [5, 5.41) is 4.31.